The Morgan fingerprint density at radius 1 is 1.60 bits per heavy atom. The summed E-state index contributed by atoms with van der Waals surface area (Å²) in [6, 6.07) is 1.50. The van der Waals surface area contributed by atoms with Crippen LogP contribution < -0.4 is 0 Å². The average molecular weight is 250 g/mol. The molecule has 2 heterocycles. The van der Waals surface area contributed by atoms with Crippen LogP contribution in [0.2, 0.25) is 0 Å². The first-order valence-corrected chi connectivity index (χ1v) is 6.57. The van der Waals surface area contributed by atoms with Crippen LogP contribution >= 0.6 is 11.6 Å². The first-order valence-electron chi connectivity index (χ1n) is 4.60. The van der Waals surface area contributed by atoms with Gasteiger partial charge in [-0.1, -0.05) is 0 Å². The molecule has 1 aromatic heterocycles. The van der Waals surface area contributed by atoms with Gasteiger partial charge in [0.05, 0.1) is 6.20 Å². The summed E-state index contributed by atoms with van der Waals surface area (Å²) in [7, 11) is -1.74. The molecule has 0 aliphatic carbocycles. The van der Waals surface area contributed by atoms with E-state index in [1.54, 1.807) is 7.05 Å². The predicted octanol–water partition coefficient (Wildman–Crippen LogP) is 0.279. The average Bonchev–Trinajstić information content (AvgIpc) is 2.49. The summed E-state index contributed by atoms with van der Waals surface area (Å²) < 4.78 is 26.8. The Hall–Kier alpha value is -0.590. The zero-order valence-electron chi connectivity index (χ0n) is 8.30. The number of alkyl halides is 1. The van der Waals surface area contributed by atoms with Crippen molar-refractivity contribution in [2.45, 2.75) is 5.03 Å². The Morgan fingerprint density at radius 3 is 2.73 bits per heavy atom. The van der Waals surface area contributed by atoms with Gasteiger partial charge < -0.3 is 0 Å². The Bertz CT molecular complexity index is 450. The molecule has 5 nitrogen and oxygen atoms in total. The van der Waals surface area contributed by atoms with E-state index in [2.05, 4.69) is 5.10 Å². The maximum Gasteiger partial charge on any atom is 0.260 e. The van der Waals surface area contributed by atoms with Crippen molar-refractivity contribution in [3.05, 3.63) is 12.3 Å². The molecule has 1 fully saturated rings. The van der Waals surface area contributed by atoms with Gasteiger partial charge >= 0.3 is 0 Å². The lowest BCUT2D eigenvalue weighted by Crippen LogP contribution is -2.50. The predicted molar refractivity (Wildman–Crippen MR) is 56.2 cm³/mol. The minimum Gasteiger partial charge on any atom is -0.256 e. The van der Waals surface area contributed by atoms with Crippen molar-refractivity contribution in [3.63, 3.8) is 0 Å². The van der Waals surface area contributed by atoms with E-state index in [0.29, 0.717) is 19.0 Å². The second-order valence-electron chi connectivity index (χ2n) is 3.64. The van der Waals surface area contributed by atoms with Crippen molar-refractivity contribution < 1.29 is 8.42 Å². The molecule has 2 rings (SSSR count). The number of aromatic nitrogens is 2. The van der Waals surface area contributed by atoms with Gasteiger partial charge in [-0.3, -0.25) is 4.68 Å². The van der Waals surface area contributed by atoms with Crippen LogP contribution in [-0.2, 0) is 17.1 Å². The lowest BCUT2D eigenvalue weighted by Gasteiger charge is -2.36. The molecule has 0 saturated carbocycles. The van der Waals surface area contributed by atoms with Crippen molar-refractivity contribution in [2.75, 3.05) is 19.0 Å². The quantitative estimate of drug-likeness (QED) is 0.723. The number of sulfonamides is 1. The number of hydrogen-bond donors (Lipinski definition) is 0. The Kier molecular flexibility index (Phi) is 2.74. The fourth-order valence-electron chi connectivity index (χ4n) is 1.56. The summed E-state index contributed by atoms with van der Waals surface area (Å²) in [4.78, 5) is 0. The van der Waals surface area contributed by atoms with Crippen LogP contribution in [0.15, 0.2) is 17.3 Å². The maximum absolute atomic E-state index is 12.0. The number of halogens is 1. The Balaban J connectivity index is 2.19. The molecule has 0 spiro atoms. The smallest absolute Gasteiger partial charge is 0.256 e. The van der Waals surface area contributed by atoms with E-state index in [1.807, 2.05) is 0 Å². The van der Waals surface area contributed by atoms with Gasteiger partial charge in [-0.25, -0.2) is 8.42 Å². The second kappa shape index (κ2) is 3.77. The zero-order chi connectivity index (χ0) is 11.1. The molecule has 0 radical (unpaired) electrons. The van der Waals surface area contributed by atoms with Gasteiger partial charge in [0.25, 0.3) is 10.0 Å². The highest BCUT2D eigenvalue weighted by Gasteiger charge is 2.37. The van der Waals surface area contributed by atoms with Crippen LogP contribution in [0.3, 0.4) is 0 Å². The fraction of sp³-hybridized carbons (Fsp3) is 0.625. The van der Waals surface area contributed by atoms with Crippen molar-refractivity contribution >= 4 is 21.6 Å². The maximum atomic E-state index is 12.0. The number of hydrogen-bond acceptors (Lipinski definition) is 3. The fourth-order valence-corrected chi connectivity index (χ4v) is 3.45. The van der Waals surface area contributed by atoms with Gasteiger partial charge in [0.1, 0.15) is 0 Å². The monoisotopic (exact) mass is 249 g/mol. The third kappa shape index (κ3) is 1.77. The van der Waals surface area contributed by atoms with E-state index in [9.17, 15) is 8.42 Å². The third-order valence-electron chi connectivity index (χ3n) is 2.52. The third-order valence-corrected chi connectivity index (χ3v) is 4.87. The molecular formula is C8H12ClN3O2S. The van der Waals surface area contributed by atoms with Crippen molar-refractivity contribution in [1.82, 2.24) is 14.1 Å². The highest BCUT2D eigenvalue weighted by molar-refractivity contribution is 7.89. The molecular weight excluding hydrogens is 238 g/mol. The van der Waals surface area contributed by atoms with Gasteiger partial charge in [0, 0.05) is 31.9 Å². The van der Waals surface area contributed by atoms with Gasteiger partial charge in [0.2, 0.25) is 0 Å². The molecule has 1 aliphatic rings. The van der Waals surface area contributed by atoms with E-state index >= 15 is 0 Å². The first kappa shape index (κ1) is 10.9. The standard InChI is InChI=1S/C8H12ClN3O2S/c1-11-8(2-3-10-11)15(13,14)12-5-7(4-9)6-12/h2-3,7H,4-6H2,1H3. The highest BCUT2D eigenvalue weighted by atomic mass is 35.5. The van der Waals surface area contributed by atoms with Gasteiger partial charge in [-0.2, -0.15) is 9.40 Å². The van der Waals surface area contributed by atoms with Crippen LogP contribution in [0.5, 0.6) is 0 Å². The molecule has 7 heteroatoms. The molecule has 1 aromatic rings. The molecule has 0 amide bonds. The van der Waals surface area contributed by atoms with Crippen LogP contribution in [0.4, 0.5) is 0 Å². The molecule has 1 aliphatic heterocycles. The van der Waals surface area contributed by atoms with Gasteiger partial charge in [0.15, 0.2) is 5.03 Å². The van der Waals surface area contributed by atoms with E-state index < -0.39 is 10.0 Å². The lowest BCUT2D eigenvalue weighted by atomic mass is 10.1. The van der Waals surface area contributed by atoms with E-state index in [4.69, 9.17) is 11.6 Å². The first-order chi connectivity index (χ1) is 7.05. The minimum atomic E-state index is -3.36. The van der Waals surface area contributed by atoms with Crippen LogP contribution in [-0.4, -0.2) is 41.5 Å². The summed E-state index contributed by atoms with van der Waals surface area (Å²) in [5.41, 5.74) is 0. The number of rotatable bonds is 3. The zero-order valence-corrected chi connectivity index (χ0v) is 9.87. The molecule has 0 unspecified atom stereocenters. The minimum absolute atomic E-state index is 0.232. The van der Waals surface area contributed by atoms with Crippen LogP contribution in [0.25, 0.3) is 0 Å². The van der Waals surface area contributed by atoms with Gasteiger partial charge in [-0.15, -0.1) is 11.6 Å². The normalized spacial score (nSPS) is 19.1. The summed E-state index contributed by atoms with van der Waals surface area (Å²) in [5.74, 6) is 0.798. The SMILES string of the molecule is Cn1nccc1S(=O)(=O)N1CC(CCl)C1. The molecule has 0 atom stereocenters. The summed E-state index contributed by atoms with van der Waals surface area (Å²) in [6.07, 6.45) is 1.48. The number of aryl methyl sites for hydroxylation is 1. The molecule has 84 valence electrons. The largest absolute Gasteiger partial charge is 0.260 e. The Morgan fingerprint density at radius 2 is 2.27 bits per heavy atom. The lowest BCUT2D eigenvalue weighted by molar-refractivity contribution is 0.220. The molecule has 0 bridgehead atoms. The molecule has 0 aromatic carbocycles. The topological polar surface area (TPSA) is 55.2 Å². The van der Waals surface area contributed by atoms with Crippen LogP contribution in [0.1, 0.15) is 0 Å². The van der Waals surface area contributed by atoms with Crippen molar-refractivity contribution in [2.24, 2.45) is 13.0 Å². The molecule has 0 N–H and O–H groups in total. The van der Waals surface area contributed by atoms with E-state index in [1.165, 1.54) is 21.3 Å². The summed E-state index contributed by atoms with van der Waals surface area (Å²) >= 11 is 5.64. The van der Waals surface area contributed by atoms with E-state index in [-0.39, 0.29) is 10.9 Å². The molecule has 1 saturated heterocycles. The highest BCUT2D eigenvalue weighted by Crippen LogP contribution is 2.25. The second-order valence-corrected chi connectivity index (χ2v) is 5.83. The number of nitrogens with zero attached hydrogens (tertiary/aromatic N) is 3. The van der Waals surface area contributed by atoms with Gasteiger partial charge in [-0.05, 0) is 6.07 Å². The van der Waals surface area contributed by atoms with E-state index in [0.717, 1.165) is 0 Å². The summed E-state index contributed by atoms with van der Waals surface area (Å²) in [6.45, 7) is 1.02. The Labute approximate surface area is 93.7 Å². The molecule has 15 heavy (non-hydrogen) atoms. The van der Waals surface area contributed by atoms with Crippen LogP contribution in [0, 0.1) is 5.92 Å². The van der Waals surface area contributed by atoms with Crippen molar-refractivity contribution in [3.8, 4) is 0 Å². The van der Waals surface area contributed by atoms with Crippen molar-refractivity contribution in [1.29, 1.82) is 0 Å². The summed E-state index contributed by atoms with van der Waals surface area (Å²) in [5, 5.41) is 4.08.